The second kappa shape index (κ2) is 5.39. The van der Waals surface area contributed by atoms with Gasteiger partial charge in [0.25, 0.3) is 10.2 Å². The first-order chi connectivity index (χ1) is 10.7. The highest BCUT2D eigenvalue weighted by Gasteiger charge is 2.40. The predicted octanol–water partition coefficient (Wildman–Crippen LogP) is -0.285. The molecule has 2 N–H and O–H groups in total. The molecule has 2 aromatic heterocycles. The fourth-order valence-electron chi connectivity index (χ4n) is 2.96. The Morgan fingerprint density at radius 1 is 1.39 bits per heavy atom. The third-order valence-corrected chi connectivity index (χ3v) is 5.47. The van der Waals surface area contributed by atoms with E-state index in [1.807, 2.05) is 7.05 Å². The van der Waals surface area contributed by atoms with Crippen LogP contribution >= 0.6 is 0 Å². The van der Waals surface area contributed by atoms with Gasteiger partial charge in [-0.05, 0) is 6.42 Å². The first kappa shape index (κ1) is 16.1. The summed E-state index contributed by atoms with van der Waals surface area (Å²) in [6.45, 7) is 4.17. The summed E-state index contributed by atoms with van der Waals surface area (Å²) in [6.07, 6.45) is 4.01. The van der Waals surface area contributed by atoms with Crippen LogP contribution in [0.1, 0.15) is 13.3 Å². The second-order valence-corrected chi connectivity index (χ2v) is 8.14. The van der Waals surface area contributed by atoms with E-state index >= 15 is 0 Å². The minimum Gasteiger partial charge on any atom is -0.353 e. The molecule has 10 heteroatoms. The summed E-state index contributed by atoms with van der Waals surface area (Å²) in [5.74, 6) is 0.868. The lowest BCUT2D eigenvalue weighted by Crippen LogP contribution is -2.56. The van der Waals surface area contributed by atoms with Crippen molar-refractivity contribution in [1.29, 1.82) is 0 Å². The minimum atomic E-state index is -3.61. The number of fused-ring (bicyclic) bond motifs is 1. The average molecular weight is 339 g/mol. The number of nitrogens with zero attached hydrogens (tertiary/aromatic N) is 6. The van der Waals surface area contributed by atoms with Gasteiger partial charge in [0.15, 0.2) is 5.82 Å². The van der Waals surface area contributed by atoms with E-state index in [1.165, 1.54) is 11.4 Å². The quantitative estimate of drug-likeness (QED) is 0.802. The van der Waals surface area contributed by atoms with Gasteiger partial charge in [0.05, 0.1) is 6.20 Å². The van der Waals surface area contributed by atoms with Crippen molar-refractivity contribution in [2.75, 3.05) is 31.6 Å². The summed E-state index contributed by atoms with van der Waals surface area (Å²) in [6, 6.07) is 0. The molecule has 0 radical (unpaired) electrons. The lowest BCUT2D eigenvalue weighted by atomic mass is 9.79. The molecule has 0 aliphatic carbocycles. The summed E-state index contributed by atoms with van der Waals surface area (Å²) in [5, 5.41) is 9.33. The van der Waals surface area contributed by atoms with Crippen molar-refractivity contribution < 1.29 is 8.42 Å². The fourth-order valence-corrected chi connectivity index (χ4v) is 3.30. The molecule has 2 aromatic rings. The first-order valence-corrected chi connectivity index (χ1v) is 8.82. The molecule has 0 atom stereocenters. The first-order valence-electron chi connectivity index (χ1n) is 7.31. The number of anilines is 1. The fraction of sp³-hybridized carbons (Fsp3) is 0.615. The molecule has 0 aromatic carbocycles. The predicted molar refractivity (Wildman–Crippen MR) is 87.0 cm³/mol. The zero-order chi connectivity index (χ0) is 16.8. The van der Waals surface area contributed by atoms with E-state index in [1.54, 1.807) is 17.2 Å². The van der Waals surface area contributed by atoms with Crippen LogP contribution in [0.15, 0.2) is 12.5 Å². The molecule has 1 aliphatic heterocycles. The van der Waals surface area contributed by atoms with Crippen molar-refractivity contribution in [3.05, 3.63) is 12.5 Å². The molecule has 1 aliphatic rings. The molecule has 0 unspecified atom stereocenters. The molecule has 23 heavy (non-hydrogen) atoms. The summed E-state index contributed by atoms with van der Waals surface area (Å²) in [5.41, 5.74) is 1.77. The SMILES string of the molecule is CN(CCC1(C)CN(c2ncnc3cnn(C)c23)C1)S(N)(=O)=O. The van der Waals surface area contributed by atoms with Gasteiger partial charge in [-0.2, -0.15) is 17.8 Å². The van der Waals surface area contributed by atoms with E-state index in [0.717, 1.165) is 36.4 Å². The highest BCUT2D eigenvalue weighted by molar-refractivity contribution is 7.86. The third-order valence-electron chi connectivity index (χ3n) is 4.42. The maximum Gasteiger partial charge on any atom is 0.276 e. The third kappa shape index (κ3) is 3.01. The van der Waals surface area contributed by atoms with Crippen LogP contribution in [0.25, 0.3) is 11.0 Å². The Hall–Kier alpha value is -1.78. The number of hydrogen-bond donors (Lipinski definition) is 1. The van der Waals surface area contributed by atoms with Gasteiger partial charge in [-0.3, -0.25) is 4.68 Å². The highest BCUT2D eigenvalue weighted by Crippen LogP contribution is 2.38. The maximum absolute atomic E-state index is 11.3. The van der Waals surface area contributed by atoms with Gasteiger partial charge in [-0.1, -0.05) is 6.92 Å². The molecule has 1 saturated heterocycles. The maximum atomic E-state index is 11.3. The standard InChI is InChI=1S/C13H21N7O2S/c1-13(4-5-18(2)23(14,21)22)7-20(8-13)12-11-10(15-9-16-12)6-17-19(11)3/h6,9H,4-5,7-8H2,1-3H3,(H2,14,21,22). The molecular formula is C13H21N7O2S. The Balaban J connectivity index is 1.69. The minimum absolute atomic E-state index is 0.0365. The molecule has 9 nitrogen and oxygen atoms in total. The Morgan fingerprint density at radius 3 is 2.74 bits per heavy atom. The average Bonchev–Trinajstić information content (AvgIpc) is 2.82. The summed E-state index contributed by atoms with van der Waals surface area (Å²) in [4.78, 5) is 10.8. The summed E-state index contributed by atoms with van der Waals surface area (Å²) in [7, 11) is -0.245. The Kier molecular flexibility index (Phi) is 3.77. The van der Waals surface area contributed by atoms with Crippen LogP contribution in [0, 0.1) is 5.41 Å². The van der Waals surface area contributed by atoms with Gasteiger partial charge in [-0.15, -0.1) is 0 Å². The lowest BCUT2D eigenvalue weighted by Gasteiger charge is -2.49. The van der Waals surface area contributed by atoms with Crippen LogP contribution in [-0.4, -0.2) is 59.2 Å². The van der Waals surface area contributed by atoms with Gasteiger partial charge in [0, 0.05) is 39.1 Å². The Labute approximate surface area is 135 Å². The zero-order valence-corrected chi connectivity index (χ0v) is 14.3. The second-order valence-electron chi connectivity index (χ2n) is 6.48. The molecular weight excluding hydrogens is 318 g/mol. The Morgan fingerprint density at radius 2 is 2.09 bits per heavy atom. The normalized spacial score (nSPS) is 17.7. The van der Waals surface area contributed by atoms with Crippen molar-refractivity contribution >= 4 is 27.1 Å². The van der Waals surface area contributed by atoms with Crippen LogP contribution in [0.5, 0.6) is 0 Å². The van der Waals surface area contributed by atoms with E-state index in [-0.39, 0.29) is 5.41 Å². The molecule has 1 fully saturated rings. The highest BCUT2D eigenvalue weighted by atomic mass is 32.2. The monoisotopic (exact) mass is 339 g/mol. The van der Waals surface area contributed by atoms with Gasteiger partial charge >= 0.3 is 0 Å². The topological polar surface area (TPSA) is 110 Å². The number of hydrogen-bond acceptors (Lipinski definition) is 6. The molecule has 0 amide bonds. The van der Waals surface area contributed by atoms with Crippen molar-refractivity contribution in [2.24, 2.45) is 17.6 Å². The van der Waals surface area contributed by atoms with Gasteiger partial charge < -0.3 is 4.90 Å². The summed E-state index contributed by atoms with van der Waals surface area (Å²) >= 11 is 0. The largest absolute Gasteiger partial charge is 0.353 e. The number of rotatable bonds is 5. The summed E-state index contributed by atoms with van der Waals surface area (Å²) < 4.78 is 25.5. The molecule has 3 heterocycles. The van der Waals surface area contributed by atoms with Crippen LogP contribution in [-0.2, 0) is 17.3 Å². The van der Waals surface area contributed by atoms with Crippen molar-refractivity contribution in [3.8, 4) is 0 Å². The number of aromatic nitrogens is 4. The van der Waals surface area contributed by atoms with Crippen LogP contribution in [0.2, 0.25) is 0 Å². The van der Waals surface area contributed by atoms with E-state index in [9.17, 15) is 8.42 Å². The van der Waals surface area contributed by atoms with Crippen molar-refractivity contribution in [3.63, 3.8) is 0 Å². The van der Waals surface area contributed by atoms with Gasteiger partial charge in [0.2, 0.25) is 0 Å². The van der Waals surface area contributed by atoms with Gasteiger partial charge in [-0.25, -0.2) is 15.1 Å². The van der Waals surface area contributed by atoms with E-state index in [0.29, 0.717) is 6.54 Å². The molecule has 3 rings (SSSR count). The van der Waals surface area contributed by atoms with Crippen LogP contribution < -0.4 is 10.0 Å². The van der Waals surface area contributed by atoms with E-state index in [4.69, 9.17) is 5.14 Å². The number of aryl methyl sites for hydroxylation is 1. The Bertz CT molecular complexity index is 826. The number of nitrogens with two attached hydrogens (primary N) is 1. The smallest absolute Gasteiger partial charge is 0.276 e. The van der Waals surface area contributed by atoms with Crippen molar-refractivity contribution in [1.82, 2.24) is 24.1 Å². The zero-order valence-electron chi connectivity index (χ0n) is 13.5. The molecule has 0 bridgehead atoms. The van der Waals surface area contributed by atoms with Crippen molar-refractivity contribution in [2.45, 2.75) is 13.3 Å². The lowest BCUT2D eigenvalue weighted by molar-refractivity contribution is 0.208. The molecule has 0 spiro atoms. The van der Waals surface area contributed by atoms with Crippen LogP contribution in [0.3, 0.4) is 0 Å². The van der Waals surface area contributed by atoms with E-state index < -0.39 is 10.2 Å². The van der Waals surface area contributed by atoms with Crippen LogP contribution in [0.4, 0.5) is 5.82 Å². The van der Waals surface area contributed by atoms with E-state index in [2.05, 4.69) is 26.9 Å². The van der Waals surface area contributed by atoms with Gasteiger partial charge in [0.1, 0.15) is 17.4 Å². The molecule has 0 saturated carbocycles. The molecule has 126 valence electrons.